The van der Waals surface area contributed by atoms with E-state index in [9.17, 15) is 0 Å². The number of ether oxygens (including phenoxy) is 1. The fourth-order valence-electron chi connectivity index (χ4n) is 2.73. The van der Waals surface area contributed by atoms with Crippen LogP contribution in [0.3, 0.4) is 0 Å². The lowest BCUT2D eigenvalue weighted by Gasteiger charge is -2.14. The van der Waals surface area contributed by atoms with E-state index in [2.05, 4.69) is 20.6 Å². The van der Waals surface area contributed by atoms with Crippen molar-refractivity contribution in [1.82, 2.24) is 14.5 Å². The number of aromatic nitrogens is 3. The highest BCUT2D eigenvalue weighted by atomic mass is 16.5. The maximum atomic E-state index is 5.77. The Bertz CT molecular complexity index is 836. The number of nitrogens with zero attached hydrogens (tertiary/aromatic N) is 3. The highest BCUT2D eigenvalue weighted by Crippen LogP contribution is 2.37. The largest absolute Gasteiger partial charge is 0.496 e. The van der Waals surface area contributed by atoms with Crippen LogP contribution >= 0.6 is 0 Å². The molecule has 0 aliphatic rings. The lowest BCUT2D eigenvalue weighted by atomic mass is 10.1. The van der Waals surface area contributed by atoms with Crippen molar-refractivity contribution in [3.8, 4) is 17.0 Å². The van der Waals surface area contributed by atoms with Crippen molar-refractivity contribution >= 4 is 16.7 Å². The van der Waals surface area contributed by atoms with Gasteiger partial charge in [0, 0.05) is 24.2 Å². The number of fused-ring (bicyclic) bond motifs is 1. The predicted octanol–water partition coefficient (Wildman–Crippen LogP) is 2.84. The highest BCUT2D eigenvalue weighted by Gasteiger charge is 2.17. The summed E-state index contributed by atoms with van der Waals surface area (Å²) in [6, 6.07) is 3.98. The summed E-state index contributed by atoms with van der Waals surface area (Å²) in [6.45, 7) is 3.98. The van der Waals surface area contributed by atoms with Gasteiger partial charge in [-0.3, -0.25) is 4.98 Å². The summed E-state index contributed by atoms with van der Waals surface area (Å²) in [6.07, 6.45) is 3.62. The molecule has 0 unspecified atom stereocenters. The third-order valence-electron chi connectivity index (χ3n) is 3.81. The average molecular weight is 282 g/mol. The molecule has 0 fully saturated rings. The van der Waals surface area contributed by atoms with Crippen LogP contribution in [0.1, 0.15) is 11.3 Å². The van der Waals surface area contributed by atoms with Gasteiger partial charge in [-0.1, -0.05) is 0 Å². The van der Waals surface area contributed by atoms with Gasteiger partial charge in [0.25, 0.3) is 0 Å². The second kappa shape index (κ2) is 4.77. The lowest BCUT2D eigenvalue weighted by molar-refractivity contribution is 0.412. The number of nitrogen functional groups attached to an aromatic ring is 1. The zero-order valence-electron chi connectivity index (χ0n) is 12.6. The third-order valence-corrected chi connectivity index (χ3v) is 3.81. The number of pyridine rings is 2. The Morgan fingerprint density at radius 1 is 1.14 bits per heavy atom. The molecule has 5 heteroatoms. The molecule has 0 atom stereocenters. The first-order chi connectivity index (χ1) is 10.0. The number of anilines is 1. The molecule has 0 aliphatic heterocycles. The first kappa shape index (κ1) is 13.4. The van der Waals surface area contributed by atoms with Crippen LogP contribution in [0.5, 0.6) is 5.75 Å². The van der Waals surface area contributed by atoms with Gasteiger partial charge in [0.05, 0.1) is 35.8 Å². The quantitative estimate of drug-likeness (QED) is 0.785. The molecule has 3 heterocycles. The second-order valence-corrected chi connectivity index (χ2v) is 5.19. The third kappa shape index (κ3) is 2.01. The van der Waals surface area contributed by atoms with Crippen LogP contribution < -0.4 is 10.5 Å². The van der Waals surface area contributed by atoms with Crippen LogP contribution in [0.15, 0.2) is 24.5 Å². The van der Waals surface area contributed by atoms with Crippen LogP contribution in [0.25, 0.3) is 22.2 Å². The zero-order valence-corrected chi connectivity index (χ0v) is 12.6. The summed E-state index contributed by atoms with van der Waals surface area (Å²) >= 11 is 0. The summed E-state index contributed by atoms with van der Waals surface area (Å²) < 4.78 is 7.68. The number of aryl methyl sites for hydroxylation is 3. The van der Waals surface area contributed by atoms with Crippen LogP contribution in [0.4, 0.5) is 5.82 Å². The molecule has 3 aromatic rings. The minimum atomic E-state index is 0.519. The molecule has 0 aliphatic carbocycles. The van der Waals surface area contributed by atoms with Gasteiger partial charge in [0.2, 0.25) is 0 Å². The fraction of sp³-hybridized carbons (Fsp3) is 0.250. The molecule has 2 N–H and O–H groups in total. The Labute approximate surface area is 123 Å². The molecule has 0 amide bonds. The molecule has 0 bridgehead atoms. The predicted molar refractivity (Wildman–Crippen MR) is 84.4 cm³/mol. The van der Waals surface area contributed by atoms with E-state index in [4.69, 9.17) is 10.5 Å². The fourth-order valence-corrected chi connectivity index (χ4v) is 2.73. The van der Waals surface area contributed by atoms with E-state index in [0.717, 1.165) is 39.2 Å². The van der Waals surface area contributed by atoms with Gasteiger partial charge in [-0.2, -0.15) is 0 Å². The number of rotatable bonds is 2. The summed E-state index contributed by atoms with van der Waals surface area (Å²) in [5.74, 6) is 1.38. The average Bonchev–Trinajstić information content (AvgIpc) is 2.77. The SMILES string of the molecule is COc1c(C)cnc(C)c1-c1cc2cc(N)ncc2n1C. The summed E-state index contributed by atoms with van der Waals surface area (Å²) in [5.41, 5.74) is 10.8. The van der Waals surface area contributed by atoms with E-state index in [1.54, 1.807) is 13.3 Å². The Hall–Kier alpha value is -2.56. The number of hydrogen-bond acceptors (Lipinski definition) is 4. The number of nitrogens with two attached hydrogens (primary N) is 1. The lowest BCUT2D eigenvalue weighted by Crippen LogP contribution is -2.00. The Morgan fingerprint density at radius 2 is 1.90 bits per heavy atom. The van der Waals surface area contributed by atoms with Gasteiger partial charge in [-0.05, 0) is 26.0 Å². The molecular weight excluding hydrogens is 264 g/mol. The maximum absolute atomic E-state index is 5.77. The standard InChI is InChI=1S/C16H18N4O/c1-9-7-18-10(2)15(16(9)21-4)12-5-11-6-14(17)19-8-13(11)20(12)3/h5-8H,1-4H3,(H2,17,19). The molecule has 0 saturated heterocycles. The van der Waals surface area contributed by atoms with E-state index >= 15 is 0 Å². The summed E-state index contributed by atoms with van der Waals surface area (Å²) in [4.78, 5) is 8.63. The maximum Gasteiger partial charge on any atom is 0.134 e. The summed E-state index contributed by atoms with van der Waals surface area (Å²) in [7, 11) is 3.70. The van der Waals surface area contributed by atoms with Gasteiger partial charge in [-0.25, -0.2) is 4.98 Å². The minimum Gasteiger partial charge on any atom is -0.496 e. The molecule has 21 heavy (non-hydrogen) atoms. The molecule has 0 saturated carbocycles. The van der Waals surface area contributed by atoms with Gasteiger partial charge in [0.1, 0.15) is 11.6 Å². The summed E-state index contributed by atoms with van der Waals surface area (Å²) in [5, 5.41) is 1.06. The van der Waals surface area contributed by atoms with Gasteiger partial charge in [-0.15, -0.1) is 0 Å². The molecule has 0 spiro atoms. The van der Waals surface area contributed by atoms with Crippen LogP contribution in [-0.2, 0) is 7.05 Å². The first-order valence-corrected chi connectivity index (χ1v) is 6.74. The van der Waals surface area contributed by atoms with Crippen LogP contribution in [0.2, 0.25) is 0 Å². The minimum absolute atomic E-state index is 0.519. The molecule has 5 nitrogen and oxygen atoms in total. The van der Waals surface area contributed by atoms with E-state index in [0.29, 0.717) is 5.82 Å². The van der Waals surface area contributed by atoms with Gasteiger partial charge in [0.15, 0.2) is 0 Å². The second-order valence-electron chi connectivity index (χ2n) is 5.19. The molecule has 3 aromatic heterocycles. The number of methoxy groups -OCH3 is 1. The Kier molecular flexibility index (Phi) is 3.05. The highest BCUT2D eigenvalue weighted by molar-refractivity contribution is 5.89. The molecule has 3 rings (SSSR count). The van der Waals surface area contributed by atoms with Crippen molar-refractivity contribution in [2.45, 2.75) is 13.8 Å². The normalized spacial score (nSPS) is 11.0. The van der Waals surface area contributed by atoms with E-state index in [1.807, 2.05) is 33.2 Å². The zero-order chi connectivity index (χ0) is 15.1. The molecule has 108 valence electrons. The van der Waals surface area contributed by atoms with Crippen molar-refractivity contribution in [3.63, 3.8) is 0 Å². The first-order valence-electron chi connectivity index (χ1n) is 6.74. The Morgan fingerprint density at radius 3 is 2.62 bits per heavy atom. The smallest absolute Gasteiger partial charge is 0.134 e. The topological polar surface area (TPSA) is 66.0 Å². The van der Waals surface area contributed by atoms with Crippen molar-refractivity contribution in [1.29, 1.82) is 0 Å². The van der Waals surface area contributed by atoms with E-state index in [1.165, 1.54) is 0 Å². The number of hydrogen-bond donors (Lipinski definition) is 1. The monoisotopic (exact) mass is 282 g/mol. The van der Waals surface area contributed by atoms with Gasteiger partial charge >= 0.3 is 0 Å². The Balaban J connectivity index is 2.36. The van der Waals surface area contributed by atoms with Crippen LogP contribution in [0, 0.1) is 13.8 Å². The molecular formula is C16H18N4O. The van der Waals surface area contributed by atoms with Crippen LogP contribution in [-0.4, -0.2) is 21.6 Å². The van der Waals surface area contributed by atoms with Gasteiger partial charge < -0.3 is 15.0 Å². The van der Waals surface area contributed by atoms with Crippen molar-refractivity contribution in [2.24, 2.45) is 7.05 Å². The van der Waals surface area contributed by atoms with Crippen molar-refractivity contribution < 1.29 is 4.74 Å². The van der Waals surface area contributed by atoms with Crippen molar-refractivity contribution in [3.05, 3.63) is 35.8 Å². The van der Waals surface area contributed by atoms with E-state index < -0.39 is 0 Å². The van der Waals surface area contributed by atoms with Crippen molar-refractivity contribution in [2.75, 3.05) is 12.8 Å². The molecule has 0 radical (unpaired) electrons. The molecule has 0 aromatic carbocycles. The van der Waals surface area contributed by atoms with E-state index in [-0.39, 0.29) is 0 Å².